The molecule has 0 aliphatic heterocycles. The number of nitrogens with one attached hydrogen (secondary N) is 2. The van der Waals surface area contributed by atoms with Crippen LogP contribution in [0.5, 0.6) is 0 Å². The van der Waals surface area contributed by atoms with Crippen LogP contribution >= 0.6 is 0 Å². The average Bonchev–Trinajstić information content (AvgIpc) is 2.45. The molecule has 0 heterocycles. The van der Waals surface area contributed by atoms with Crippen molar-refractivity contribution in [2.75, 3.05) is 19.8 Å². The smallest absolute Gasteiger partial charge is 0.226 e. The number of rotatable bonds is 11. The van der Waals surface area contributed by atoms with Crippen LogP contribution in [0.25, 0.3) is 0 Å². The van der Waals surface area contributed by atoms with Crippen LogP contribution < -0.4 is 10.8 Å². The van der Waals surface area contributed by atoms with Gasteiger partial charge in [-0.1, -0.05) is 6.08 Å². The van der Waals surface area contributed by atoms with E-state index >= 15 is 0 Å². The first kappa shape index (κ1) is 19.8. The SMILES string of the molecule is CC(C)NOCCOCCC(=O)NC1=CC(OC(C)C)CC=C1. The zero-order chi connectivity index (χ0) is 17.1. The number of hydroxylamine groups is 1. The van der Waals surface area contributed by atoms with E-state index in [4.69, 9.17) is 14.3 Å². The molecule has 0 bridgehead atoms. The fourth-order valence-electron chi connectivity index (χ4n) is 2.00. The van der Waals surface area contributed by atoms with E-state index < -0.39 is 0 Å². The third kappa shape index (κ3) is 10.2. The molecule has 0 aromatic rings. The van der Waals surface area contributed by atoms with Crippen LogP contribution in [0.2, 0.25) is 0 Å². The molecule has 2 N–H and O–H groups in total. The van der Waals surface area contributed by atoms with Crippen LogP contribution in [-0.4, -0.2) is 44.0 Å². The Morgan fingerprint density at radius 1 is 1.26 bits per heavy atom. The summed E-state index contributed by atoms with van der Waals surface area (Å²) >= 11 is 0. The second-order valence-electron chi connectivity index (χ2n) is 6.01. The molecule has 0 aromatic heterocycles. The van der Waals surface area contributed by atoms with Crippen LogP contribution in [0.4, 0.5) is 0 Å². The summed E-state index contributed by atoms with van der Waals surface area (Å²) in [6, 6.07) is 0.279. The molecule has 0 aromatic carbocycles. The lowest BCUT2D eigenvalue weighted by molar-refractivity contribution is -0.121. The number of hydrogen-bond donors (Lipinski definition) is 2. The number of carbonyl (C=O) groups excluding carboxylic acids is 1. The van der Waals surface area contributed by atoms with Gasteiger partial charge in [0.25, 0.3) is 0 Å². The number of hydrogen-bond acceptors (Lipinski definition) is 5. The largest absolute Gasteiger partial charge is 0.378 e. The minimum absolute atomic E-state index is 0.0251. The average molecular weight is 326 g/mol. The Hall–Kier alpha value is -1.21. The minimum atomic E-state index is -0.0627. The Balaban J connectivity index is 2.13. The molecule has 1 amide bonds. The van der Waals surface area contributed by atoms with Gasteiger partial charge in [0.05, 0.1) is 38.4 Å². The van der Waals surface area contributed by atoms with Gasteiger partial charge in [0, 0.05) is 11.7 Å². The lowest BCUT2D eigenvalue weighted by Gasteiger charge is -2.20. The fraction of sp³-hybridized carbons (Fsp3) is 0.706. The molecule has 1 unspecified atom stereocenters. The zero-order valence-corrected chi connectivity index (χ0v) is 14.6. The molecule has 1 aliphatic carbocycles. The van der Waals surface area contributed by atoms with Crippen molar-refractivity contribution in [3.8, 4) is 0 Å². The maximum absolute atomic E-state index is 11.9. The number of allylic oxidation sites excluding steroid dienone is 1. The number of amides is 1. The third-order valence-electron chi connectivity index (χ3n) is 2.88. The van der Waals surface area contributed by atoms with E-state index in [1.165, 1.54) is 0 Å². The van der Waals surface area contributed by atoms with Gasteiger partial charge < -0.3 is 14.8 Å². The highest BCUT2D eigenvalue weighted by Gasteiger charge is 2.12. The molecule has 0 radical (unpaired) electrons. The monoisotopic (exact) mass is 326 g/mol. The van der Waals surface area contributed by atoms with E-state index in [9.17, 15) is 4.79 Å². The molecule has 132 valence electrons. The quantitative estimate of drug-likeness (QED) is 0.449. The van der Waals surface area contributed by atoms with Gasteiger partial charge in [0.1, 0.15) is 0 Å². The van der Waals surface area contributed by atoms with Crippen molar-refractivity contribution < 1.29 is 19.1 Å². The molecule has 0 spiro atoms. The first-order valence-corrected chi connectivity index (χ1v) is 8.26. The van der Waals surface area contributed by atoms with Crippen molar-refractivity contribution in [3.05, 3.63) is 23.9 Å². The van der Waals surface area contributed by atoms with Crippen LogP contribution in [0, 0.1) is 0 Å². The van der Waals surface area contributed by atoms with Gasteiger partial charge in [0.2, 0.25) is 5.91 Å². The second-order valence-corrected chi connectivity index (χ2v) is 6.01. The van der Waals surface area contributed by atoms with Crippen molar-refractivity contribution >= 4 is 5.91 Å². The van der Waals surface area contributed by atoms with Crippen molar-refractivity contribution in [1.29, 1.82) is 0 Å². The maximum Gasteiger partial charge on any atom is 0.226 e. The molecule has 0 saturated heterocycles. The summed E-state index contributed by atoms with van der Waals surface area (Å²) in [5.74, 6) is -0.0627. The molecule has 1 rings (SSSR count). The second kappa shape index (κ2) is 11.3. The number of carbonyl (C=O) groups is 1. The Labute approximate surface area is 139 Å². The summed E-state index contributed by atoms with van der Waals surface area (Å²) in [7, 11) is 0. The third-order valence-corrected chi connectivity index (χ3v) is 2.88. The predicted octanol–water partition coefficient (Wildman–Crippen LogP) is 2.08. The lowest BCUT2D eigenvalue weighted by Crippen LogP contribution is -2.27. The van der Waals surface area contributed by atoms with Gasteiger partial charge in [-0.05, 0) is 46.3 Å². The van der Waals surface area contributed by atoms with E-state index in [0.29, 0.717) is 26.2 Å². The standard InChI is InChI=1S/C17H30N2O4/c1-13(2)19-22-11-10-21-9-8-17(20)18-15-6-5-7-16(12-15)23-14(3)4/h5-6,12-14,16,19H,7-11H2,1-4H3,(H,18,20). The maximum atomic E-state index is 11.9. The van der Waals surface area contributed by atoms with Gasteiger partial charge >= 0.3 is 0 Å². The zero-order valence-electron chi connectivity index (χ0n) is 14.6. The van der Waals surface area contributed by atoms with Gasteiger partial charge in [-0.25, -0.2) is 0 Å². The van der Waals surface area contributed by atoms with Crippen LogP contribution in [0.15, 0.2) is 23.9 Å². The van der Waals surface area contributed by atoms with E-state index in [1.807, 2.05) is 45.9 Å². The topological polar surface area (TPSA) is 68.8 Å². The molecule has 0 saturated carbocycles. The summed E-state index contributed by atoms with van der Waals surface area (Å²) in [4.78, 5) is 17.0. The summed E-state index contributed by atoms with van der Waals surface area (Å²) in [5, 5.41) is 2.87. The van der Waals surface area contributed by atoms with E-state index in [0.717, 1.165) is 12.1 Å². The van der Waals surface area contributed by atoms with Crippen molar-refractivity contribution in [3.63, 3.8) is 0 Å². The Kier molecular flexibility index (Phi) is 9.78. The summed E-state index contributed by atoms with van der Waals surface area (Å²) < 4.78 is 11.1. The normalized spacial score (nSPS) is 17.7. The molecule has 1 atom stereocenters. The van der Waals surface area contributed by atoms with Gasteiger partial charge in [-0.3, -0.25) is 9.63 Å². The number of ether oxygens (including phenoxy) is 2. The molecule has 0 fully saturated rings. The summed E-state index contributed by atoms with van der Waals surface area (Å²) in [6.45, 7) is 9.29. The van der Waals surface area contributed by atoms with Crippen LogP contribution in [0.3, 0.4) is 0 Å². The highest BCUT2D eigenvalue weighted by molar-refractivity contribution is 5.78. The first-order valence-electron chi connectivity index (χ1n) is 8.26. The molecule has 1 aliphatic rings. The first-order chi connectivity index (χ1) is 11.0. The molecule has 6 nitrogen and oxygen atoms in total. The molecular formula is C17H30N2O4. The van der Waals surface area contributed by atoms with E-state index in [1.54, 1.807) is 0 Å². The molecule has 6 heteroatoms. The highest BCUT2D eigenvalue weighted by Crippen LogP contribution is 2.13. The van der Waals surface area contributed by atoms with Gasteiger partial charge in [-0.15, -0.1) is 0 Å². The van der Waals surface area contributed by atoms with Gasteiger partial charge in [0.15, 0.2) is 0 Å². The van der Waals surface area contributed by atoms with Crippen LogP contribution in [-0.2, 0) is 19.1 Å². The molecular weight excluding hydrogens is 296 g/mol. The lowest BCUT2D eigenvalue weighted by atomic mass is 10.1. The Bertz CT molecular complexity index is 405. The minimum Gasteiger partial charge on any atom is -0.378 e. The van der Waals surface area contributed by atoms with Crippen LogP contribution in [0.1, 0.15) is 40.5 Å². The van der Waals surface area contributed by atoms with Crippen molar-refractivity contribution in [1.82, 2.24) is 10.8 Å². The summed E-state index contributed by atoms with van der Waals surface area (Å²) in [6.07, 6.45) is 7.22. The molecule has 23 heavy (non-hydrogen) atoms. The highest BCUT2D eigenvalue weighted by atomic mass is 16.7. The van der Waals surface area contributed by atoms with E-state index in [-0.39, 0.29) is 24.2 Å². The Morgan fingerprint density at radius 3 is 2.74 bits per heavy atom. The van der Waals surface area contributed by atoms with Gasteiger partial charge in [-0.2, -0.15) is 5.48 Å². The predicted molar refractivity (Wildman–Crippen MR) is 89.7 cm³/mol. The fourth-order valence-corrected chi connectivity index (χ4v) is 2.00. The van der Waals surface area contributed by atoms with Crippen molar-refractivity contribution in [2.45, 2.75) is 58.8 Å². The van der Waals surface area contributed by atoms with E-state index in [2.05, 4.69) is 10.8 Å². The van der Waals surface area contributed by atoms with Crippen molar-refractivity contribution in [2.24, 2.45) is 0 Å². The Morgan fingerprint density at radius 2 is 2.04 bits per heavy atom. The summed E-state index contributed by atoms with van der Waals surface area (Å²) in [5.41, 5.74) is 3.62.